The molecule has 162 valence electrons. The molecular weight excluding hydrogens is 394 g/mol. The molecule has 1 fully saturated rings. The van der Waals surface area contributed by atoms with Crippen molar-refractivity contribution >= 4 is 16.7 Å². The Balaban J connectivity index is 1.64. The number of hydrogen-bond donors (Lipinski definition) is 1. The standard InChI is InChI=1S/C29H29NO2/c1-18-16-22(20(3)30-25-13-9-8-12-24(25)29(4)14-15-29)28-23(17-18)26(31)19(2)27(32-28)21-10-6-5-7-11-21/h5-13,16-17,20,30H,14-15H2,1-4H3/t20-/m1/s1. The van der Waals surface area contributed by atoms with Gasteiger partial charge in [0.25, 0.3) is 0 Å². The number of rotatable bonds is 5. The third-order valence-electron chi connectivity index (χ3n) is 6.84. The van der Waals surface area contributed by atoms with E-state index in [4.69, 9.17) is 4.42 Å². The summed E-state index contributed by atoms with van der Waals surface area (Å²) in [5.74, 6) is 0.645. The molecule has 0 bridgehead atoms. The van der Waals surface area contributed by atoms with E-state index in [-0.39, 0.29) is 16.9 Å². The maximum absolute atomic E-state index is 13.3. The fraction of sp³-hybridized carbons (Fsp3) is 0.276. The van der Waals surface area contributed by atoms with Crippen molar-refractivity contribution in [2.24, 2.45) is 0 Å². The van der Waals surface area contributed by atoms with Gasteiger partial charge in [-0.25, -0.2) is 0 Å². The summed E-state index contributed by atoms with van der Waals surface area (Å²) in [5, 5.41) is 4.37. The van der Waals surface area contributed by atoms with Crippen molar-refractivity contribution in [1.82, 2.24) is 0 Å². The Morgan fingerprint density at radius 3 is 2.38 bits per heavy atom. The van der Waals surface area contributed by atoms with Crippen molar-refractivity contribution in [3.63, 3.8) is 0 Å². The highest BCUT2D eigenvalue weighted by Crippen LogP contribution is 2.50. The Hall–Kier alpha value is -3.33. The molecule has 3 aromatic carbocycles. The summed E-state index contributed by atoms with van der Waals surface area (Å²) in [5.41, 5.74) is 7.12. The van der Waals surface area contributed by atoms with E-state index >= 15 is 0 Å². The summed E-state index contributed by atoms with van der Waals surface area (Å²) >= 11 is 0. The minimum atomic E-state index is -0.0182. The Morgan fingerprint density at radius 1 is 0.969 bits per heavy atom. The van der Waals surface area contributed by atoms with Crippen molar-refractivity contribution in [3.8, 4) is 11.3 Å². The van der Waals surface area contributed by atoms with Gasteiger partial charge in [-0.3, -0.25) is 4.79 Å². The Bertz CT molecular complexity index is 1360. The lowest BCUT2D eigenvalue weighted by atomic mass is 9.95. The lowest BCUT2D eigenvalue weighted by Gasteiger charge is -2.22. The predicted octanol–water partition coefficient (Wildman–Crippen LogP) is 7.30. The van der Waals surface area contributed by atoms with E-state index in [0.717, 1.165) is 22.4 Å². The number of fused-ring (bicyclic) bond motifs is 1. The highest BCUT2D eigenvalue weighted by Gasteiger charge is 2.40. The molecule has 1 atom stereocenters. The third-order valence-corrected chi connectivity index (χ3v) is 6.84. The zero-order valence-electron chi connectivity index (χ0n) is 19.2. The number of aryl methyl sites for hydroxylation is 1. The van der Waals surface area contributed by atoms with Crippen LogP contribution in [0.1, 0.15) is 55.0 Å². The number of benzene rings is 3. The first-order valence-corrected chi connectivity index (χ1v) is 11.4. The fourth-order valence-electron chi connectivity index (χ4n) is 4.66. The molecule has 0 radical (unpaired) electrons. The molecule has 32 heavy (non-hydrogen) atoms. The number of anilines is 1. The summed E-state index contributed by atoms with van der Waals surface area (Å²) in [4.78, 5) is 13.3. The monoisotopic (exact) mass is 423 g/mol. The molecule has 5 rings (SSSR count). The van der Waals surface area contributed by atoms with Crippen LogP contribution in [-0.2, 0) is 5.41 Å². The van der Waals surface area contributed by atoms with Crippen molar-refractivity contribution in [3.05, 3.63) is 99.2 Å². The molecule has 1 N–H and O–H groups in total. The number of nitrogens with one attached hydrogen (secondary N) is 1. The van der Waals surface area contributed by atoms with E-state index in [0.29, 0.717) is 22.3 Å². The summed E-state index contributed by atoms with van der Waals surface area (Å²) in [6, 6.07) is 22.5. The lowest BCUT2D eigenvalue weighted by Crippen LogP contribution is -2.14. The van der Waals surface area contributed by atoms with Gasteiger partial charge in [-0.15, -0.1) is 0 Å². The number of hydrogen-bond acceptors (Lipinski definition) is 3. The maximum Gasteiger partial charge on any atom is 0.196 e. The molecule has 0 saturated heterocycles. The minimum absolute atomic E-state index is 0.0182. The average Bonchev–Trinajstić information content (AvgIpc) is 3.55. The largest absolute Gasteiger partial charge is 0.455 e. The predicted molar refractivity (Wildman–Crippen MR) is 132 cm³/mol. The minimum Gasteiger partial charge on any atom is -0.455 e. The van der Waals surface area contributed by atoms with Crippen LogP contribution in [0.3, 0.4) is 0 Å². The first kappa shape index (κ1) is 20.6. The second-order valence-electron chi connectivity index (χ2n) is 9.45. The van der Waals surface area contributed by atoms with Crippen molar-refractivity contribution in [2.75, 3.05) is 5.32 Å². The van der Waals surface area contributed by atoms with Gasteiger partial charge in [-0.05, 0) is 62.3 Å². The average molecular weight is 424 g/mol. The molecule has 1 heterocycles. The molecule has 0 aliphatic heterocycles. The zero-order chi connectivity index (χ0) is 22.5. The Kier molecular flexibility index (Phi) is 4.93. The van der Waals surface area contributed by atoms with Crippen LogP contribution in [-0.4, -0.2) is 0 Å². The normalized spacial score (nSPS) is 15.5. The topological polar surface area (TPSA) is 42.2 Å². The van der Waals surface area contributed by atoms with Gasteiger partial charge in [0.05, 0.1) is 11.4 Å². The molecule has 0 spiro atoms. The molecule has 3 nitrogen and oxygen atoms in total. The molecule has 0 amide bonds. The summed E-state index contributed by atoms with van der Waals surface area (Å²) in [6.07, 6.45) is 2.45. The van der Waals surface area contributed by atoms with E-state index in [1.165, 1.54) is 18.4 Å². The van der Waals surface area contributed by atoms with Crippen LogP contribution in [0, 0.1) is 13.8 Å². The van der Waals surface area contributed by atoms with Gasteiger partial charge in [0.15, 0.2) is 5.43 Å². The highest BCUT2D eigenvalue weighted by atomic mass is 16.3. The van der Waals surface area contributed by atoms with Gasteiger partial charge in [-0.2, -0.15) is 0 Å². The lowest BCUT2D eigenvalue weighted by molar-refractivity contribution is 0.605. The molecule has 3 heteroatoms. The van der Waals surface area contributed by atoms with Crippen LogP contribution in [0.25, 0.3) is 22.3 Å². The Morgan fingerprint density at radius 2 is 1.66 bits per heavy atom. The summed E-state index contributed by atoms with van der Waals surface area (Å²) < 4.78 is 6.47. The summed E-state index contributed by atoms with van der Waals surface area (Å²) in [6.45, 7) is 8.36. The van der Waals surface area contributed by atoms with Gasteiger partial charge >= 0.3 is 0 Å². The molecule has 1 saturated carbocycles. The van der Waals surface area contributed by atoms with Crippen LogP contribution >= 0.6 is 0 Å². The Labute approximate surface area is 189 Å². The quantitative estimate of drug-likeness (QED) is 0.366. The first-order valence-electron chi connectivity index (χ1n) is 11.4. The van der Waals surface area contributed by atoms with Gasteiger partial charge < -0.3 is 9.73 Å². The highest BCUT2D eigenvalue weighted by molar-refractivity contribution is 5.84. The second-order valence-corrected chi connectivity index (χ2v) is 9.45. The van der Waals surface area contributed by atoms with Gasteiger partial charge in [-0.1, -0.05) is 61.5 Å². The van der Waals surface area contributed by atoms with Crippen molar-refractivity contribution in [2.45, 2.75) is 52.0 Å². The van der Waals surface area contributed by atoms with E-state index < -0.39 is 0 Å². The van der Waals surface area contributed by atoms with Crippen molar-refractivity contribution < 1.29 is 4.42 Å². The van der Waals surface area contributed by atoms with Crippen LogP contribution < -0.4 is 10.7 Å². The molecular formula is C29H29NO2. The van der Waals surface area contributed by atoms with Crippen LogP contribution in [0.5, 0.6) is 0 Å². The summed E-state index contributed by atoms with van der Waals surface area (Å²) in [7, 11) is 0. The molecule has 1 aromatic heterocycles. The second kappa shape index (κ2) is 7.67. The van der Waals surface area contributed by atoms with Crippen LogP contribution in [0.15, 0.2) is 75.9 Å². The fourth-order valence-corrected chi connectivity index (χ4v) is 4.66. The van der Waals surface area contributed by atoms with E-state index in [1.54, 1.807) is 0 Å². The van der Waals surface area contributed by atoms with Gasteiger partial charge in [0.1, 0.15) is 11.3 Å². The van der Waals surface area contributed by atoms with E-state index in [9.17, 15) is 4.79 Å². The molecule has 1 aliphatic rings. The zero-order valence-corrected chi connectivity index (χ0v) is 19.2. The van der Waals surface area contributed by atoms with Crippen molar-refractivity contribution in [1.29, 1.82) is 0 Å². The van der Waals surface area contributed by atoms with Gasteiger partial charge in [0.2, 0.25) is 0 Å². The maximum atomic E-state index is 13.3. The third kappa shape index (κ3) is 3.52. The first-order chi connectivity index (χ1) is 15.4. The molecule has 1 aliphatic carbocycles. The SMILES string of the molecule is Cc1cc([C@@H](C)Nc2ccccc2C2(C)CC2)c2oc(-c3ccccc3)c(C)c(=O)c2c1. The van der Waals surface area contributed by atoms with Crippen LogP contribution in [0.2, 0.25) is 0 Å². The molecule has 4 aromatic rings. The van der Waals surface area contributed by atoms with E-state index in [1.807, 2.05) is 50.2 Å². The molecule has 0 unspecified atom stereocenters. The van der Waals surface area contributed by atoms with Crippen LogP contribution in [0.4, 0.5) is 5.69 Å². The smallest absolute Gasteiger partial charge is 0.196 e. The number of para-hydroxylation sites is 1. The van der Waals surface area contributed by atoms with E-state index in [2.05, 4.69) is 49.5 Å². The van der Waals surface area contributed by atoms with Gasteiger partial charge in [0, 0.05) is 22.4 Å².